The van der Waals surface area contributed by atoms with Gasteiger partial charge in [0.05, 0.1) is 11.3 Å². The zero-order valence-corrected chi connectivity index (χ0v) is 10.3. The van der Waals surface area contributed by atoms with Gasteiger partial charge < -0.3 is 10.3 Å². The second-order valence-corrected chi connectivity index (χ2v) is 5.88. The molecule has 14 heavy (non-hydrogen) atoms. The first-order valence-corrected chi connectivity index (χ1v) is 4.90. The van der Waals surface area contributed by atoms with Crippen LogP contribution in [0.5, 0.6) is 0 Å². The fourth-order valence-corrected chi connectivity index (χ4v) is 1.50. The van der Waals surface area contributed by atoms with Crippen LogP contribution < -0.4 is 0 Å². The molecular formula is C11H23NO2. The van der Waals surface area contributed by atoms with Crippen molar-refractivity contribution < 1.29 is 10.3 Å². The van der Waals surface area contributed by atoms with E-state index >= 15 is 0 Å². The molecule has 0 aliphatic carbocycles. The van der Waals surface area contributed by atoms with Gasteiger partial charge in [0, 0.05) is 10.8 Å². The van der Waals surface area contributed by atoms with Crippen molar-refractivity contribution in [3.05, 3.63) is 0 Å². The van der Waals surface area contributed by atoms with Crippen molar-refractivity contribution in [2.45, 2.75) is 54.1 Å². The predicted molar refractivity (Wildman–Crippen MR) is 58.8 cm³/mol. The quantitative estimate of drug-likeness (QED) is 0.410. The zero-order valence-electron chi connectivity index (χ0n) is 10.3. The lowest BCUT2D eigenvalue weighted by Crippen LogP contribution is -2.49. The minimum atomic E-state index is -0.915. The average molecular weight is 201 g/mol. The summed E-state index contributed by atoms with van der Waals surface area (Å²) in [5.41, 5.74) is -1.11. The van der Waals surface area contributed by atoms with E-state index in [1.54, 1.807) is 13.8 Å². The van der Waals surface area contributed by atoms with Crippen LogP contribution in [0.4, 0.5) is 0 Å². The third-order valence-corrected chi connectivity index (χ3v) is 2.93. The Morgan fingerprint density at radius 2 is 1.29 bits per heavy atom. The van der Waals surface area contributed by atoms with E-state index in [2.05, 4.69) is 5.16 Å². The normalized spacial score (nSPS) is 15.9. The third-order valence-electron chi connectivity index (χ3n) is 2.93. The van der Waals surface area contributed by atoms with Gasteiger partial charge in [-0.2, -0.15) is 0 Å². The van der Waals surface area contributed by atoms with Crippen LogP contribution in [-0.4, -0.2) is 21.6 Å². The number of hydrogen-bond acceptors (Lipinski definition) is 3. The van der Waals surface area contributed by atoms with Gasteiger partial charge in [0.2, 0.25) is 0 Å². The molecule has 0 saturated carbocycles. The van der Waals surface area contributed by atoms with Gasteiger partial charge in [0.15, 0.2) is 0 Å². The van der Waals surface area contributed by atoms with Gasteiger partial charge in [-0.15, -0.1) is 0 Å². The molecule has 0 bridgehead atoms. The molecule has 3 heteroatoms. The maximum atomic E-state index is 10.0. The fraction of sp³-hybridized carbons (Fsp3) is 0.909. The Morgan fingerprint density at radius 3 is 1.36 bits per heavy atom. The Labute approximate surface area is 86.8 Å². The topological polar surface area (TPSA) is 52.8 Å². The van der Waals surface area contributed by atoms with Crippen LogP contribution in [0.25, 0.3) is 0 Å². The van der Waals surface area contributed by atoms with Crippen molar-refractivity contribution in [1.82, 2.24) is 0 Å². The lowest BCUT2D eigenvalue weighted by atomic mass is 9.66. The Kier molecular flexibility index (Phi) is 3.39. The molecule has 0 heterocycles. The van der Waals surface area contributed by atoms with E-state index in [-0.39, 0.29) is 5.41 Å². The molecule has 0 aromatic heterocycles. The van der Waals surface area contributed by atoms with Gasteiger partial charge in [-0.05, 0) is 13.8 Å². The van der Waals surface area contributed by atoms with Crippen LogP contribution in [0.1, 0.15) is 48.5 Å². The molecule has 0 unspecified atom stereocenters. The minimum Gasteiger partial charge on any atom is -0.411 e. The molecule has 0 radical (unpaired) electrons. The van der Waals surface area contributed by atoms with E-state index in [9.17, 15) is 5.11 Å². The lowest BCUT2D eigenvalue weighted by Gasteiger charge is -2.42. The summed E-state index contributed by atoms with van der Waals surface area (Å²) in [6, 6.07) is 0. The largest absolute Gasteiger partial charge is 0.411 e. The first-order chi connectivity index (χ1) is 5.94. The van der Waals surface area contributed by atoms with Crippen LogP contribution in [0.15, 0.2) is 5.16 Å². The average Bonchev–Trinajstić information content (AvgIpc) is 1.80. The van der Waals surface area contributed by atoms with Crippen LogP contribution in [0.2, 0.25) is 0 Å². The van der Waals surface area contributed by atoms with E-state index < -0.39 is 11.0 Å². The minimum absolute atomic E-state index is 0.252. The molecule has 0 rings (SSSR count). The molecule has 0 saturated heterocycles. The molecule has 0 aromatic carbocycles. The monoisotopic (exact) mass is 201 g/mol. The summed E-state index contributed by atoms with van der Waals surface area (Å²) in [4.78, 5) is 0. The maximum absolute atomic E-state index is 10.0. The molecular weight excluding hydrogens is 178 g/mol. The Bertz CT molecular complexity index is 229. The summed E-state index contributed by atoms with van der Waals surface area (Å²) in [6.07, 6.45) is 0. The smallest absolute Gasteiger partial charge is 0.0708 e. The highest BCUT2D eigenvalue weighted by Gasteiger charge is 2.44. The van der Waals surface area contributed by atoms with E-state index in [0.29, 0.717) is 5.71 Å². The van der Waals surface area contributed by atoms with Gasteiger partial charge in [-0.3, -0.25) is 0 Å². The SMILES string of the molecule is CC(C)(C)/C(=N/O)C(C)(C)C(C)(C)O. The van der Waals surface area contributed by atoms with Crippen molar-refractivity contribution in [2.75, 3.05) is 0 Å². The highest BCUT2D eigenvalue weighted by Crippen LogP contribution is 2.38. The number of oxime groups is 1. The summed E-state index contributed by atoms with van der Waals surface area (Å²) in [7, 11) is 0. The molecule has 0 aliphatic heterocycles. The Balaban J connectivity index is 5.29. The Morgan fingerprint density at radius 1 is 0.929 bits per heavy atom. The lowest BCUT2D eigenvalue weighted by molar-refractivity contribution is -0.00221. The first-order valence-electron chi connectivity index (χ1n) is 4.90. The van der Waals surface area contributed by atoms with Crippen LogP contribution in [-0.2, 0) is 0 Å². The van der Waals surface area contributed by atoms with Gasteiger partial charge >= 0.3 is 0 Å². The van der Waals surface area contributed by atoms with Crippen molar-refractivity contribution in [3.63, 3.8) is 0 Å². The van der Waals surface area contributed by atoms with Gasteiger partial charge in [-0.1, -0.05) is 39.8 Å². The Hall–Kier alpha value is -0.570. The molecule has 0 spiro atoms. The zero-order chi connectivity index (χ0) is 11.8. The summed E-state index contributed by atoms with van der Waals surface area (Å²) >= 11 is 0. The molecule has 0 aromatic rings. The first kappa shape index (κ1) is 13.4. The summed E-state index contributed by atoms with van der Waals surface area (Å²) < 4.78 is 0. The van der Waals surface area contributed by atoms with E-state index in [1.165, 1.54) is 0 Å². The van der Waals surface area contributed by atoms with Crippen LogP contribution in [0.3, 0.4) is 0 Å². The molecule has 0 atom stereocenters. The maximum Gasteiger partial charge on any atom is 0.0708 e. The van der Waals surface area contributed by atoms with Crippen LogP contribution in [0, 0.1) is 10.8 Å². The van der Waals surface area contributed by atoms with Crippen molar-refractivity contribution >= 4 is 5.71 Å². The van der Waals surface area contributed by atoms with E-state index in [0.717, 1.165) is 0 Å². The highest BCUT2D eigenvalue weighted by molar-refractivity contribution is 5.94. The summed E-state index contributed by atoms with van der Waals surface area (Å²) in [5, 5.41) is 22.4. The predicted octanol–water partition coefficient (Wildman–Crippen LogP) is 2.66. The van der Waals surface area contributed by atoms with Gasteiger partial charge in [0.25, 0.3) is 0 Å². The van der Waals surface area contributed by atoms with Gasteiger partial charge in [-0.25, -0.2) is 0 Å². The molecule has 3 nitrogen and oxygen atoms in total. The molecule has 0 fully saturated rings. The van der Waals surface area contributed by atoms with E-state index in [1.807, 2.05) is 34.6 Å². The van der Waals surface area contributed by atoms with E-state index in [4.69, 9.17) is 5.21 Å². The molecule has 2 N–H and O–H groups in total. The molecule has 84 valence electrons. The summed E-state index contributed by atoms with van der Waals surface area (Å²) in [5.74, 6) is 0. The van der Waals surface area contributed by atoms with Gasteiger partial charge in [0.1, 0.15) is 0 Å². The molecule has 0 aliphatic rings. The fourth-order valence-electron chi connectivity index (χ4n) is 1.50. The standard InChI is InChI=1S/C11H23NO2/c1-9(2,3)8(12-14)10(4,5)11(6,7)13/h13-14H,1-7H3/b12-8-. The number of nitrogens with zero attached hydrogens (tertiary/aromatic N) is 1. The number of hydrogen-bond donors (Lipinski definition) is 2. The van der Waals surface area contributed by atoms with Crippen molar-refractivity contribution in [2.24, 2.45) is 16.0 Å². The third kappa shape index (κ3) is 2.47. The number of rotatable bonds is 2. The number of aliphatic hydroxyl groups is 1. The molecule has 0 amide bonds. The highest BCUT2D eigenvalue weighted by atomic mass is 16.4. The van der Waals surface area contributed by atoms with Crippen molar-refractivity contribution in [3.8, 4) is 0 Å². The summed E-state index contributed by atoms with van der Waals surface area (Å²) in [6.45, 7) is 13.1. The van der Waals surface area contributed by atoms with Crippen LogP contribution >= 0.6 is 0 Å². The van der Waals surface area contributed by atoms with Crippen molar-refractivity contribution in [1.29, 1.82) is 0 Å². The second-order valence-electron chi connectivity index (χ2n) is 5.88. The second kappa shape index (κ2) is 3.54.